The number of carbonyl (C=O) groups is 3. The van der Waals surface area contributed by atoms with E-state index in [-0.39, 0.29) is 5.82 Å². The molecule has 0 bridgehead atoms. The van der Waals surface area contributed by atoms with Gasteiger partial charge in [0.05, 0.1) is 0 Å². The number of aliphatic hydroxyl groups excluding tert-OH is 1. The number of phosphoric acid groups is 1. The smallest absolute Gasteiger partial charge is 0.376 e. The quantitative estimate of drug-likeness (QED) is 0.176. The summed E-state index contributed by atoms with van der Waals surface area (Å²) in [5.41, 5.74) is -7.73. The van der Waals surface area contributed by atoms with Crippen molar-refractivity contribution in [3.8, 4) is 0 Å². The average molecular weight is 465 g/mol. The number of Topliss-reactive ketones (excluding diaryl/α,β-unsaturated/α-hetero) is 2. The molecule has 0 aromatic carbocycles. The molecular formula is C15H20N3O12P. The first-order valence-corrected chi connectivity index (χ1v) is 9.99. The molecule has 6 N–H and O–H groups in total. The fourth-order valence-corrected chi connectivity index (χ4v) is 3.62. The van der Waals surface area contributed by atoms with E-state index in [0.717, 1.165) is 26.1 Å². The Labute approximate surface area is 173 Å². The highest BCUT2D eigenvalue weighted by molar-refractivity contribution is 7.46. The number of nitrogens with zero attached hydrogens (tertiary/aromatic N) is 2. The summed E-state index contributed by atoms with van der Waals surface area (Å²) in [6, 6.07) is 1.06. The largest absolute Gasteiger partial charge is 0.472 e. The van der Waals surface area contributed by atoms with Crippen LogP contribution in [0, 0.1) is 0 Å². The molecule has 31 heavy (non-hydrogen) atoms. The maximum atomic E-state index is 12.4. The van der Waals surface area contributed by atoms with Gasteiger partial charge in [0.1, 0.15) is 5.82 Å². The number of anilines is 1. The average Bonchev–Trinajstić information content (AvgIpc) is 2.84. The van der Waals surface area contributed by atoms with Gasteiger partial charge in [-0.2, -0.15) is 4.98 Å². The van der Waals surface area contributed by atoms with Gasteiger partial charge in [-0.05, 0) is 19.9 Å². The van der Waals surface area contributed by atoms with E-state index in [1.165, 1.54) is 0 Å². The van der Waals surface area contributed by atoms with Gasteiger partial charge in [0.25, 0.3) is 0 Å². The molecule has 172 valence electrons. The van der Waals surface area contributed by atoms with E-state index in [0.29, 0.717) is 11.5 Å². The summed E-state index contributed by atoms with van der Waals surface area (Å²) in [4.78, 5) is 69.4. The Morgan fingerprint density at radius 2 is 1.77 bits per heavy atom. The van der Waals surface area contributed by atoms with Crippen molar-refractivity contribution in [1.29, 1.82) is 0 Å². The van der Waals surface area contributed by atoms with Gasteiger partial charge in [0.2, 0.25) is 11.5 Å². The lowest BCUT2D eigenvalue weighted by molar-refractivity contribution is -0.198. The van der Waals surface area contributed by atoms with Crippen LogP contribution >= 0.6 is 7.82 Å². The molecule has 0 saturated carbocycles. The Morgan fingerprint density at radius 1 is 1.23 bits per heavy atom. The second-order valence-corrected chi connectivity index (χ2v) is 7.92. The number of ketones is 2. The molecule has 0 spiro atoms. The Hall–Kier alpha value is -2.36. The molecule has 1 aromatic rings. The van der Waals surface area contributed by atoms with Crippen molar-refractivity contribution >= 4 is 31.1 Å². The van der Waals surface area contributed by atoms with Gasteiger partial charge in [0, 0.05) is 13.1 Å². The van der Waals surface area contributed by atoms with Gasteiger partial charge in [0.15, 0.2) is 35.8 Å². The van der Waals surface area contributed by atoms with E-state index in [1.807, 2.05) is 0 Å². The minimum atomic E-state index is -5.39. The van der Waals surface area contributed by atoms with Crippen LogP contribution in [-0.4, -0.2) is 75.7 Å². The predicted molar refractivity (Wildman–Crippen MR) is 97.1 cm³/mol. The van der Waals surface area contributed by atoms with Crippen LogP contribution in [0.5, 0.6) is 0 Å². The Balaban J connectivity index is 2.66. The van der Waals surface area contributed by atoms with Crippen LogP contribution in [0.1, 0.15) is 27.0 Å². The molecule has 1 aliphatic rings. The van der Waals surface area contributed by atoms with Crippen molar-refractivity contribution in [1.82, 2.24) is 9.55 Å². The number of ether oxygens (including phenoxy) is 1. The number of amides is 1. The van der Waals surface area contributed by atoms with E-state index >= 15 is 0 Å². The molecule has 5 atom stereocenters. The van der Waals surface area contributed by atoms with Crippen LogP contribution < -0.4 is 11.0 Å². The molecule has 1 unspecified atom stereocenters. The third-order valence-electron chi connectivity index (χ3n) is 4.59. The Kier molecular flexibility index (Phi) is 6.66. The van der Waals surface area contributed by atoms with E-state index < -0.39 is 60.8 Å². The van der Waals surface area contributed by atoms with Gasteiger partial charge in [-0.25, -0.2) is 9.36 Å². The molecule has 1 saturated heterocycles. The first-order valence-electron chi connectivity index (χ1n) is 8.46. The summed E-state index contributed by atoms with van der Waals surface area (Å²) >= 11 is 0. The van der Waals surface area contributed by atoms with Crippen molar-refractivity contribution in [2.45, 2.75) is 50.6 Å². The maximum absolute atomic E-state index is 12.4. The number of rotatable bonds is 7. The standard InChI is InChI=1S/C15H20N3O12P/c1-6(19)14(24)10(11(22)30-31(26,27)28)29-12(15(14,25)7(2)20)18-5-4-9(16-8(3)21)17-13(18)23/h4-5,10-12,22,24-25H,1-3H3,(H2,26,27,28)(H,16,17,21,23)/t10-,11?,12-,14-,15-/m1/s1. The summed E-state index contributed by atoms with van der Waals surface area (Å²) in [6.07, 6.45) is -6.42. The lowest BCUT2D eigenvalue weighted by Crippen LogP contribution is -2.67. The van der Waals surface area contributed by atoms with Crippen molar-refractivity contribution in [2.75, 3.05) is 5.32 Å². The molecule has 1 aromatic heterocycles. The van der Waals surface area contributed by atoms with Crippen LogP contribution in [0.25, 0.3) is 0 Å². The molecular weight excluding hydrogens is 445 g/mol. The number of phosphoric ester groups is 1. The third kappa shape index (κ3) is 4.35. The number of hydrogen-bond acceptors (Lipinski definition) is 11. The Morgan fingerprint density at radius 3 is 2.19 bits per heavy atom. The minimum absolute atomic E-state index is 0.207. The number of carbonyl (C=O) groups excluding carboxylic acids is 3. The molecule has 0 radical (unpaired) electrons. The van der Waals surface area contributed by atoms with E-state index in [4.69, 9.17) is 14.5 Å². The summed E-state index contributed by atoms with van der Waals surface area (Å²) < 4.78 is 20.8. The molecule has 0 aliphatic carbocycles. The van der Waals surface area contributed by atoms with Crippen molar-refractivity contribution in [2.24, 2.45) is 0 Å². The highest BCUT2D eigenvalue weighted by Crippen LogP contribution is 2.49. The maximum Gasteiger partial charge on any atom is 0.472 e. The van der Waals surface area contributed by atoms with Gasteiger partial charge in [-0.1, -0.05) is 0 Å². The summed E-state index contributed by atoms with van der Waals surface area (Å²) in [5, 5.41) is 34.3. The highest BCUT2D eigenvalue weighted by atomic mass is 31.2. The van der Waals surface area contributed by atoms with Gasteiger partial charge >= 0.3 is 13.5 Å². The molecule has 16 heteroatoms. The lowest BCUT2D eigenvalue weighted by atomic mass is 9.74. The molecule has 1 aliphatic heterocycles. The molecule has 2 rings (SSSR count). The van der Waals surface area contributed by atoms with E-state index in [9.17, 15) is 39.1 Å². The SMILES string of the molecule is CC(=O)Nc1ccn([C@@H]2O[C@H](C(O)OP(=O)(O)O)[C@](O)(C(C)=O)[C@@]2(O)C(C)=O)c(=O)n1. The molecule has 1 fully saturated rings. The van der Waals surface area contributed by atoms with E-state index in [2.05, 4.69) is 14.8 Å². The first kappa shape index (κ1) is 24.9. The molecule has 1 amide bonds. The lowest BCUT2D eigenvalue weighted by Gasteiger charge is -2.37. The second-order valence-electron chi connectivity index (χ2n) is 6.72. The minimum Gasteiger partial charge on any atom is -0.376 e. The fourth-order valence-electron chi connectivity index (χ4n) is 3.23. The predicted octanol–water partition coefficient (Wildman–Crippen LogP) is -2.83. The monoisotopic (exact) mass is 465 g/mol. The normalized spacial score (nSPS) is 29.4. The zero-order chi connectivity index (χ0) is 23.9. The van der Waals surface area contributed by atoms with Crippen LogP contribution in [0.2, 0.25) is 0 Å². The van der Waals surface area contributed by atoms with Crippen LogP contribution in [-0.2, 0) is 28.2 Å². The fraction of sp³-hybridized carbons (Fsp3) is 0.533. The van der Waals surface area contributed by atoms with E-state index in [1.54, 1.807) is 0 Å². The van der Waals surface area contributed by atoms with Crippen molar-refractivity contribution < 1.29 is 53.3 Å². The number of hydrogen-bond donors (Lipinski definition) is 6. The van der Waals surface area contributed by atoms with Gasteiger partial charge < -0.3 is 35.2 Å². The summed E-state index contributed by atoms with van der Waals surface area (Å²) in [7, 11) is -5.39. The third-order valence-corrected chi connectivity index (χ3v) is 5.08. The highest BCUT2D eigenvalue weighted by Gasteiger charge is 2.74. The van der Waals surface area contributed by atoms with Crippen LogP contribution in [0.3, 0.4) is 0 Å². The summed E-state index contributed by atoms with van der Waals surface area (Å²) in [6.45, 7) is 2.59. The molecule has 2 heterocycles. The topological polar surface area (TPSA) is 235 Å². The van der Waals surface area contributed by atoms with Gasteiger partial charge in [-0.3, -0.25) is 23.5 Å². The molecule has 15 nitrogen and oxygen atoms in total. The van der Waals surface area contributed by atoms with Crippen molar-refractivity contribution in [3.05, 3.63) is 22.7 Å². The zero-order valence-electron chi connectivity index (χ0n) is 16.3. The number of aromatic nitrogens is 2. The number of aliphatic hydroxyl groups is 3. The number of nitrogens with one attached hydrogen (secondary N) is 1. The summed E-state index contributed by atoms with van der Waals surface area (Å²) in [5.74, 6) is -3.41. The Bertz CT molecular complexity index is 1020. The second kappa shape index (κ2) is 8.29. The van der Waals surface area contributed by atoms with Gasteiger partial charge in [-0.15, -0.1) is 0 Å². The zero-order valence-corrected chi connectivity index (χ0v) is 17.2. The van der Waals surface area contributed by atoms with Crippen LogP contribution in [0.15, 0.2) is 17.1 Å². The first-order chi connectivity index (χ1) is 14.1. The van der Waals surface area contributed by atoms with Crippen molar-refractivity contribution in [3.63, 3.8) is 0 Å². The van der Waals surface area contributed by atoms with Crippen LogP contribution in [0.4, 0.5) is 5.82 Å².